The number of benzene rings is 2. The molecule has 6 rings (SSSR count). The Morgan fingerprint density at radius 3 is 2.59 bits per heavy atom. The Hall–Kier alpha value is -3.00. The zero-order valence-electron chi connectivity index (χ0n) is 21.5. The summed E-state index contributed by atoms with van der Waals surface area (Å²) in [7, 11) is 2.19. The van der Waals surface area contributed by atoms with Gasteiger partial charge >= 0.3 is 0 Å². The lowest BCUT2D eigenvalue weighted by molar-refractivity contribution is -0.123. The third-order valence-corrected chi connectivity index (χ3v) is 8.62. The lowest BCUT2D eigenvalue weighted by Gasteiger charge is -2.30. The standard InChI is InChI=1S/C30H35N5OS/c1-34-15-10-25(11-16-34)31-24-7-5-22(6-8-24)29-26-18-21(4-9-27(26)32-33-29)19-28(36)30(23-12-17-37-20-23)35-13-2-3-14-35/h4-9,12,17-18,20,25,30-31H,2-3,10-11,13-16,19H2,1H3,(H,32,33). The number of hydrogen-bond donors (Lipinski definition) is 2. The van der Waals surface area contributed by atoms with E-state index in [1.165, 1.54) is 25.7 Å². The van der Waals surface area contributed by atoms with Gasteiger partial charge in [0.2, 0.25) is 0 Å². The van der Waals surface area contributed by atoms with Gasteiger partial charge in [0.05, 0.1) is 17.3 Å². The molecule has 1 unspecified atom stereocenters. The van der Waals surface area contributed by atoms with Crippen molar-refractivity contribution in [2.45, 2.75) is 44.2 Å². The largest absolute Gasteiger partial charge is 0.382 e. The molecule has 0 bridgehead atoms. The summed E-state index contributed by atoms with van der Waals surface area (Å²) in [6.45, 7) is 4.29. The predicted octanol–water partition coefficient (Wildman–Crippen LogP) is 5.75. The monoisotopic (exact) mass is 513 g/mol. The fourth-order valence-corrected chi connectivity index (χ4v) is 6.51. The summed E-state index contributed by atoms with van der Waals surface area (Å²) in [5, 5.41) is 16.8. The first kappa shape index (κ1) is 24.3. The highest BCUT2D eigenvalue weighted by Crippen LogP contribution is 2.31. The zero-order chi connectivity index (χ0) is 25.2. The lowest BCUT2D eigenvalue weighted by Crippen LogP contribution is -2.36. The summed E-state index contributed by atoms with van der Waals surface area (Å²) in [6.07, 6.45) is 5.12. The molecule has 4 heterocycles. The van der Waals surface area contributed by atoms with E-state index >= 15 is 0 Å². The summed E-state index contributed by atoms with van der Waals surface area (Å²) >= 11 is 1.67. The first-order chi connectivity index (χ1) is 18.1. The van der Waals surface area contributed by atoms with Crippen molar-refractivity contribution in [3.63, 3.8) is 0 Å². The lowest BCUT2D eigenvalue weighted by atomic mass is 9.97. The molecule has 2 aromatic heterocycles. The van der Waals surface area contributed by atoms with E-state index < -0.39 is 0 Å². The Balaban J connectivity index is 1.20. The molecule has 6 nitrogen and oxygen atoms in total. The van der Waals surface area contributed by atoms with Crippen molar-refractivity contribution >= 4 is 33.7 Å². The highest BCUT2D eigenvalue weighted by molar-refractivity contribution is 7.08. The summed E-state index contributed by atoms with van der Waals surface area (Å²) in [5.74, 6) is 0.272. The highest BCUT2D eigenvalue weighted by atomic mass is 32.1. The van der Waals surface area contributed by atoms with Crippen LogP contribution in [0.1, 0.15) is 42.9 Å². The number of nitrogens with zero attached hydrogens (tertiary/aromatic N) is 3. The van der Waals surface area contributed by atoms with Gasteiger partial charge in [0.15, 0.2) is 5.78 Å². The molecule has 0 radical (unpaired) electrons. The summed E-state index contributed by atoms with van der Waals surface area (Å²) < 4.78 is 0. The van der Waals surface area contributed by atoms with Crippen LogP contribution in [0.3, 0.4) is 0 Å². The average Bonchev–Trinajstić information content (AvgIpc) is 3.69. The van der Waals surface area contributed by atoms with Gasteiger partial charge in [-0.1, -0.05) is 18.2 Å². The molecule has 192 valence electrons. The minimum atomic E-state index is -0.141. The van der Waals surface area contributed by atoms with E-state index in [0.29, 0.717) is 12.5 Å². The molecule has 1 atom stereocenters. The van der Waals surface area contributed by atoms with Crippen LogP contribution in [0.2, 0.25) is 0 Å². The van der Waals surface area contributed by atoms with Crippen LogP contribution >= 0.6 is 11.3 Å². The van der Waals surface area contributed by atoms with Gasteiger partial charge in [-0.15, -0.1) is 0 Å². The number of rotatable bonds is 8. The van der Waals surface area contributed by atoms with Gasteiger partial charge in [-0.3, -0.25) is 14.8 Å². The van der Waals surface area contributed by atoms with E-state index in [1.54, 1.807) is 11.3 Å². The Bertz CT molecular complexity index is 1330. The van der Waals surface area contributed by atoms with Gasteiger partial charge in [0, 0.05) is 29.1 Å². The number of aromatic amines is 1. The first-order valence-corrected chi connectivity index (χ1v) is 14.4. The van der Waals surface area contributed by atoms with Crippen LogP contribution in [0.4, 0.5) is 5.69 Å². The van der Waals surface area contributed by atoms with Crippen molar-refractivity contribution in [3.05, 3.63) is 70.4 Å². The van der Waals surface area contributed by atoms with Gasteiger partial charge < -0.3 is 10.2 Å². The molecule has 0 saturated carbocycles. The van der Waals surface area contributed by atoms with Gasteiger partial charge in [-0.25, -0.2) is 0 Å². The number of carbonyl (C=O) groups excluding carboxylic acids is 1. The van der Waals surface area contributed by atoms with E-state index in [4.69, 9.17) is 0 Å². The average molecular weight is 514 g/mol. The molecule has 2 aliphatic rings. The molecule has 0 amide bonds. The molecule has 0 spiro atoms. The number of fused-ring (bicyclic) bond motifs is 1. The van der Waals surface area contributed by atoms with Crippen molar-refractivity contribution in [2.75, 3.05) is 38.5 Å². The van der Waals surface area contributed by atoms with Gasteiger partial charge in [0.25, 0.3) is 0 Å². The molecule has 37 heavy (non-hydrogen) atoms. The van der Waals surface area contributed by atoms with E-state index in [9.17, 15) is 4.79 Å². The van der Waals surface area contributed by atoms with E-state index in [1.807, 2.05) is 0 Å². The van der Waals surface area contributed by atoms with E-state index in [-0.39, 0.29) is 11.8 Å². The number of aromatic nitrogens is 2. The van der Waals surface area contributed by atoms with Crippen molar-refractivity contribution in [2.24, 2.45) is 0 Å². The molecule has 2 fully saturated rings. The second kappa shape index (κ2) is 10.8. The number of H-pyrrole nitrogens is 1. The maximum Gasteiger partial charge on any atom is 0.158 e. The molecule has 7 heteroatoms. The van der Waals surface area contributed by atoms with Crippen LogP contribution in [0.15, 0.2) is 59.3 Å². The van der Waals surface area contributed by atoms with Crippen LogP contribution in [0, 0.1) is 0 Å². The fraction of sp³-hybridized carbons (Fsp3) is 0.400. The van der Waals surface area contributed by atoms with Crippen LogP contribution in [-0.4, -0.2) is 65.0 Å². The van der Waals surface area contributed by atoms with Crippen LogP contribution < -0.4 is 5.32 Å². The Morgan fingerprint density at radius 2 is 1.86 bits per heavy atom. The van der Waals surface area contributed by atoms with Crippen LogP contribution in [-0.2, 0) is 11.2 Å². The Labute approximate surface area is 222 Å². The number of piperidine rings is 1. The van der Waals surface area contributed by atoms with Gasteiger partial charge in [-0.05, 0) is 111 Å². The molecule has 2 saturated heterocycles. The van der Waals surface area contributed by atoms with E-state index in [0.717, 1.165) is 65.2 Å². The second-order valence-corrected chi connectivity index (χ2v) is 11.4. The van der Waals surface area contributed by atoms with Crippen molar-refractivity contribution in [1.29, 1.82) is 0 Å². The number of nitrogens with one attached hydrogen (secondary N) is 2. The predicted molar refractivity (Wildman–Crippen MR) is 152 cm³/mol. The summed E-state index contributed by atoms with van der Waals surface area (Å²) in [6, 6.07) is 17.4. The summed E-state index contributed by atoms with van der Waals surface area (Å²) in [4.78, 5) is 18.3. The molecule has 2 N–H and O–H groups in total. The van der Waals surface area contributed by atoms with Gasteiger partial charge in [0.1, 0.15) is 0 Å². The molecule has 0 aliphatic carbocycles. The highest BCUT2D eigenvalue weighted by Gasteiger charge is 2.30. The number of Topliss-reactive ketones (excluding diaryl/α,β-unsaturated/α-hetero) is 1. The Kier molecular flexibility index (Phi) is 7.09. The van der Waals surface area contributed by atoms with Crippen LogP contribution in [0.5, 0.6) is 0 Å². The number of likely N-dealkylation sites (tertiary alicyclic amines) is 2. The molecule has 4 aromatic rings. The zero-order valence-corrected chi connectivity index (χ0v) is 22.3. The number of anilines is 1. The number of hydrogen-bond acceptors (Lipinski definition) is 6. The van der Waals surface area contributed by atoms with Crippen molar-refractivity contribution < 1.29 is 4.79 Å². The third-order valence-electron chi connectivity index (χ3n) is 7.92. The van der Waals surface area contributed by atoms with Gasteiger partial charge in [-0.2, -0.15) is 16.4 Å². The van der Waals surface area contributed by atoms with Crippen molar-refractivity contribution in [1.82, 2.24) is 20.0 Å². The first-order valence-electron chi connectivity index (χ1n) is 13.5. The maximum atomic E-state index is 13.6. The smallest absolute Gasteiger partial charge is 0.158 e. The quantitative estimate of drug-likeness (QED) is 0.314. The number of thiophene rings is 1. The van der Waals surface area contributed by atoms with Crippen molar-refractivity contribution in [3.8, 4) is 11.3 Å². The van der Waals surface area contributed by atoms with Crippen LogP contribution in [0.25, 0.3) is 22.2 Å². The normalized spacial score (nSPS) is 18.4. The molecule has 2 aromatic carbocycles. The minimum Gasteiger partial charge on any atom is -0.382 e. The SMILES string of the molecule is CN1CCC(Nc2ccc(-c3n[nH]c4ccc(CC(=O)C(c5ccsc5)N5CCCC5)cc34)cc2)CC1. The minimum absolute atomic E-state index is 0.141. The second-order valence-electron chi connectivity index (χ2n) is 10.6. The molecular formula is C30H35N5OS. The van der Waals surface area contributed by atoms with E-state index in [2.05, 4.69) is 91.7 Å². The number of carbonyl (C=O) groups is 1. The maximum absolute atomic E-state index is 13.6. The number of ketones is 1. The third kappa shape index (κ3) is 5.35. The Morgan fingerprint density at radius 1 is 1.08 bits per heavy atom. The molecule has 2 aliphatic heterocycles. The summed E-state index contributed by atoms with van der Waals surface area (Å²) in [5.41, 5.74) is 6.34. The molecular weight excluding hydrogens is 478 g/mol. The topological polar surface area (TPSA) is 64.3 Å². The fourth-order valence-electron chi connectivity index (χ4n) is 5.83.